The maximum Gasteiger partial charge on any atom is 0.272 e. The third kappa shape index (κ3) is 3.86. The van der Waals surface area contributed by atoms with E-state index in [1.54, 1.807) is 4.90 Å². The van der Waals surface area contributed by atoms with Crippen molar-refractivity contribution in [2.75, 3.05) is 19.7 Å². The van der Waals surface area contributed by atoms with Gasteiger partial charge < -0.3 is 14.7 Å². The van der Waals surface area contributed by atoms with E-state index in [-0.39, 0.29) is 17.9 Å². The summed E-state index contributed by atoms with van der Waals surface area (Å²) in [7, 11) is 0. The van der Waals surface area contributed by atoms with E-state index in [4.69, 9.17) is 4.74 Å². The molecule has 1 fully saturated rings. The highest BCUT2D eigenvalue weighted by Gasteiger charge is 2.22. The number of nitrogens with zero attached hydrogens (tertiary/aromatic N) is 2. The van der Waals surface area contributed by atoms with E-state index in [9.17, 15) is 18.7 Å². The number of rotatable bonds is 4. The van der Waals surface area contributed by atoms with Crippen LogP contribution in [0, 0.1) is 0 Å². The first-order chi connectivity index (χ1) is 9.56. The second kappa shape index (κ2) is 6.60. The Hall–Kier alpha value is -1.76. The predicted molar refractivity (Wildman–Crippen MR) is 66.9 cm³/mol. The number of alkyl halides is 2. The highest BCUT2D eigenvalue weighted by molar-refractivity contribution is 5.94. The minimum absolute atomic E-state index is 0.0657. The molecule has 5 nitrogen and oxygen atoms in total. The van der Waals surface area contributed by atoms with E-state index in [1.165, 1.54) is 18.3 Å². The first kappa shape index (κ1) is 14.6. The Bertz CT molecular complexity index is 445. The van der Waals surface area contributed by atoms with Gasteiger partial charge in [0, 0.05) is 25.4 Å². The van der Waals surface area contributed by atoms with Crippen LogP contribution >= 0.6 is 0 Å². The highest BCUT2D eigenvalue weighted by Crippen LogP contribution is 2.15. The molecule has 0 radical (unpaired) electrons. The van der Waals surface area contributed by atoms with Crippen molar-refractivity contribution in [2.45, 2.75) is 25.4 Å². The average Bonchev–Trinajstić information content (AvgIpc) is 2.46. The summed E-state index contributed by atoms with van der Waals surface area (Å²) in [5.41, 5.74) is 0.380. The molecule has 2 rings (SSSR count). The number of aliphatic hydroxyl groups excluding tert-OH is 1. The summed E-state index contributed by atoms with van der Waals surface area (Å²) in [6, 6.07) is 2.90. The second-order valence-electron chi connectivity index (χ2n) is 4.61. The first-order valence-electron chi connectivity index (χ1n) is 6.40. The molecule has 0 aromatic carbocycles. The van der Waals surface area contributed by atoms with E-state index in [0.29, 0.717) is 31.5 Å². The number of carbonyl (C=O) groups is 1. The Morgan fingerprint density at radius 1 is 1.45 bits per heavy atom. The van der Waals surface area contributed by atoms with Crippen molar-refractivity contribution in [1.29, 1.82) is 0 Å². The van der Waals surface area contributed by atoms with Crippen molar-refractivity contribution in [2.24, 2.45) is 0 Å². The molecule has 1 aromatic rings. The Kier molecular flexibility index (Phi) is 4.84. The summed E-state index contributed by atoms with van der Waals surface area (Å²) < 4.78 is 28.7. The molecule has 1 aliphatic heterocycles. The molecule has 0 atom stereocenters. The third-order valence-corrected chi connectivity index (χ3v) is 3.09. The summed E-state index contributed by atoms with van der Waals surface area (Å²) in [6.07, 6.45) is -0.460. The molecule has 0 unspecified atom stereocenters. The van der Waals surface area contributed by atoms with Crippen molar-refractivity contribution in [3.63, 3.8) is 0 Å². The predicted octanol–water partition coefficient (Wildman–Crippen LogP) is 1.32. The lowest BCUT2D eigenvalue weighted by Gasteiger charge is -2.29. The number of pyridine rings is 1. The minimum atomic E-state index is -2.56. The number of amides is 1. The number of aliphatic hydroxyl groups is 1. The molecular formula is C13H16F2N2O3. The van der Waals surface area contributed by atoms with Crippen LogP contribution in [0.2, 0.25) is 0 Å². The number of likely N-dealkylation sites (tertiary alicyclic amines) is 1. The number of hydrogen-bond acceptors (Lipinski definition) is 4. The standard InChI is InChI=1S/C13H16F2N2O3/c14-11(15)8-20-12-2-1-9(7-16-12)13(19)17-5-3-10(18)4-6-17/h1-2,7,10-11,18H,3-6,8H2. The van der Waals surface area contributed by atoms with Crippen LogP contribution in [0.3, 0.4) is 0 Å². The number of hydrogen-bond donors (Lipinski definition) is 1. The van der Waals surface area contributed by atoms with Crippen molar-refractivity contribution in [1.82, 2.24) is 9.88 Å². The van der Waals surface area contributed by atoms with Gasteiger partial charge in [0.1, 0.15) is 0 Å². The fourth-order valence-electron chi connectivity index (χ4n) is 1.99. The van der Waals surface area contributed by atoms with Crippen LogP contribution in [-0.4, -0.2) is 53.1 Å². The lowest BCUT2D eigenvalue weighted by molar-refractivity contribution is 0.0545. The van der Waals surface area contributed by atoms with E-state index >= 15 is 0 Å². The van der Waals surface area contributed by atoms with Gasteiger partial charge in [0.15, 0.2) is 6.61 Å². The Balaban J connectivity index is 1.93. The molecule has 0 spiro atoms. The van der Waals surface area contributed by atoms with Gasteiger partial charge in [0.25, 0.3) is 12.3 Å². The maximum absolute atomic E-state index is 12.1. The van der Waals surface area contributed by atoms with Gasteiger partial charge in [-0.3, -0.25) is 4.79 Å². The second-order valence-corrected chi connectivity index (χ2v) is 4.61. The topological polar surface area (TPSA) is 62.7 Å². The van der Waals surface area contributed by atoms with Gasteiger partial charge in [0.2, 0.25) is 5.88 Å². The fraction of sp³-hybridized carbons (Fsp3) is 0.538. The normalized spacial score (nSPS) is 16.5. The van der Waals surface area contributed by atoms with Crippen LogP contribution in [0.5, 0.6) is 5.88 Å². The van der Waals surface area contributed by atoms with Crippen LogP contribution in [0.4, 0.5) is 8.78 Å². The van der Waals surface area contributed by atoms with Crippen molar-refractivity contribution in [3.8, 4) is 5.88 Å². The zero-order valence-electron chi connectivity index (χ0n) is 10.8. The smallest absolute Gasteiger partial charge is 0.272 e. The number of halogens is 2. The largest absolute Gasteiger partial charge is 0.472 e. The van der Waals surface area contributed by atoms with Gasteiger partial charge in [-0.05, 0) is 18.9 Å². The summed E-state index contributed by atoms with van der Waals surface area (Å²) in [6.45, 7) is 0.289. The molecule has 7 heteroatoms. The summed E-state index contributed by atoms with van der Waals surface area (Å²) in [5, 5.41) is 9.39. The molecule has 1 N–H and O–H groups in total. The van der Waals surface area contributed by atoms with Gasteiger partial charge in [-0.25, -0.2) is 13.8 Å². The zero-order valence-corrected chi connectivity index (χ0v) is 10.8. The summed E-state index contributed by atoms with van der Waals surface area (Å²) in [4.78, 5) is 17.6. The van der Waals surface area contributed by atoms with Gasteiger partial charge in [-0.15, -0.1) is 0 Å². The average molecular weight is 286 g/mol. The molecule has 0 bridgehead atoms. The van der Waals surface area contributed by atoms with Crippen LogP contribution in [0.25, 0.3) is 0 Å². The molecular weight excluding hydrogens is 270 g/mol. The number of piperidine rings is 1. The van der Waals surface area contributed by atoms with E-state index in [0.717, 1.165) is 0 Å². The Morgan fingerprint density at radius 3 is 2.70 bits per heavy atom. The molecule has 2 heterocycles. The van der Waals surface area contributed by atoms with Crippen LogP contribution in [-0.2, 0) is 0 Å². The van der Waals surface area contributed by atoms with E-state index in [2.05, 4.69) is 4.98 Å². The monoisotopic (exact) mass is 286 g/mol. The SMILES string of the molecule is O=C(c1ccc(OCC(F)F)nc1)N1CCC(O)CC1. The lowest BCUT2D eigenvalue weighted by atomic mass is 10.1. The Morgan fingerprint density at radius 2 is 2.15 bits per heavy atom. The highest BCUT2D eigenvalue weighted by atomic mass is 19.3. The molecule has 1 saturated heterocycles. The molecule has 1 amide bonds. The molecule has 0 saturated carbocycles. The molecule has 0 aliphatic carbocycles. The van der Waals surface area contributed by atoms with Crippen molar-refractivity contribution < 1.29 is 23.4 Å². The molecule has 110 valence electrons. The van der Waals surface area contributed by atoms with Crippen LogP contribution < -0.4 is 4.74 Å². The fourth-order valence-corrected chi connectivity index (χ4v) is 1.99. The molecule has 1 aliphatic rings. The first-order valence-corrected chi connectivity index (χ1v) is 6.40. The zero-order chi connectivity index (χ0) is 14.5. The summed E-state index contributed by atoms with van der Waals surface area (Å²) in [5.74, 6) is -0.110. The molecule has 20 heavy (non-hydrogen) atoms. The van der Waals surface area contributed by atoms with E-state index < -0.39 is 13.0 Å². The van der Waals surface area contributed by atoms with Gasteiger partial charge in [-0.2, -0.15) is 0 Å². The van der Waals surface area contributed by atoms with Gasteiger partial charge in [-0.1, -0.05) is 0 Å². The van der Waals surface area contributed by atoms with Crippen molar-refractivity contribution in [3.05, 3.63) is 23.9 Å². The quantitative estimate of drug-likeness (QED) is 0.907. The summed E-state index contributed by atoms with van der Waals surface area (Å²) >= 11 is 0. The lowest BCUT2D eigenvalue weighted by Crippen LogP contribution is -2.40. The van der Waals surface area contributed by atoms with E-state index in [1.807, 2.05) is 0 Å². The van der Waals surface area contributed by atoms with Gasteiger partial charge >= 0.3 is 0 Å². The maximum atomic E-state index is 12.1. The number of ether oxygens (including phenoxy) is 1. The number of aromatic nitrogens is 1. The van der Waals surface area contributed by atoms with Gasteiger partial charge in [0.05, 0.1) is 11.7 Å². The Labute approximate surface area is 115 Å². The van der Waals surface area contributed by atoms with Crippen molar-refractivity contribution >= 4 is 5.91 Å². The minimum Gasteiger partial charge on any atom is -0.472 e. The molecule has 1 aromatic heterocycles. The third-order valence-electron chi connectivity index (χ3n) is 3.09. The van der Waals surface area contributed by atoms with Crippen LogP contribution in [0.15, 0.2) is 18.3 Å². The van der Waals surface area contributed by atoms with Crippen LogP contribution in [0.1, 0.15) is 23.2 Å². The number of carbonyl (C=O) groups excluding carboxylic acids is 1.